The third-order valence-corrected chi connectivity index (χ3v) is 3.50. The van der Waals surface area contributed by atoms with Crippen molar-refractivity contribution >= 4 is 0 Å². The van der Waals surface area contributed by atoms with Crippen molar-refractivity contribution in [3.63, 3.8) is 0 Å². The second kappa shape index (κ2) is 6.89. The Labute approximate surface area is 126 Å². The summed E-state index contributed by atoms with van der Waals surface area (Å²) < 4.78 is 7.82. The van der Waals surface area contributed by atoms with Crippen molar-refractivity contribution in [2.75, 3.05) is 0 Å². The molecule has 0 amide bonds. The van der Waals surface area contributed by atoms with E-state index in [0.29, 0.717) is 6.04 Å². The predicted octanol–water partition coefficient (Wildman–Crippen LogP) is 2.85. The molecule has 2 aromatic rings. The Kier molecular flexibility index (Phi) is 5.17. The Hall–Kier alpha value is -1.62. The molecule has 5 heteroatoms. The lowest BCUT2D eigenvalue weighted by Crippen LogP contribution is -2.21. The molecule has 1 N–H and O–H groups in total. The Bertz CT molecular complexity index is 583. The van der Waals surface area contributed by atoms with E-state index in [4.69, 9.17) is 4.42 Å². The number of hydrogen-bond donors (Lipinski definition) is 1. The van der Waals surface area contributed by atoms with Gasteiger partial charge in [-0.05, 0) is 13.0 Å². The summed E-state index contributed by atoms with van der Waals surface area (Å²) in [5.41, 5.74) is 1.18. The van der Waals surface area contributed by atoms with Crippen LogP contribution < -0.4 is 5.32 Å². The first-order valence-corrected chi connectivity index (χ1v) is 7.77. The molecule has 2 aromatic heterocycles. The monoisotopic (exact) mass is 290 g/mol. The molecule has 0 fully saturated rings. The molecular weight excluding hydrogens is 264 g/mol. The fourth-order valence-electron chi connectivity index (χ4n) is 2.26. The van der Waals surface area contributed by atoms with Gasteiger partial charge in [0.15, 0.2) is 5.82 Å². The van der Waals surface area contributed by atoms with E-state index in [1.807, 2.05) is 11.6 Å². The van der Waals surface area contributed by atoms with Crippen LogP contribution in [0.4, 0.5) is 0 Å². The summed E-state index contributed by atoms with van der Waals surface area (Å²) in [6.45, 7) is 12.0. The molecule has 116 valence electrons. The SMILES string of the molecule is CCc1nc(CC)n(Cc2cc(CNC(C)C)oc2C)n1. The van der Waals surface area contributed by atoms with Crippen molar-refractivity contribution in [2.45, 2.75) is 66.6 Å². The number of nitrogens with one attached hydrogen (secondary N) is 1. The summed E-state index contributed by atoms with van der Waals surface area (Å²) >= 11 is 0. The topological polar surface area (TPSA) is 55.9 Å². The van der Waals surface area contributed by atoms with Crippen LogP contribution in [-0.2, 0) is 25.9 Å². The van der Waals surface area contributed by atoms with Gasteiger partial charge in [-0.1, -0.05) is 27.7 Å². The summed E-state index contributed by atoms with van der Waals surface area (Å²) in [6, 6.07) is 2.57. The maximum Gasteiger partial charge on any atom is 0.150 e. The zero-order valence-corrected chi connectivity index (χ0v) is 13.7. The molecule has 0 aliphatic carbocycles. The molecule has 0 aliphatic heterocycles. The average Bonchev–Trinajstić information content (AvgIpc) is 3.01. The molecule has 0 aliphatic rings. The molecule has 2 rings (SSSR count). The van der Waals surface area contributed by atoms with E-state index >= 15 is 0 Å². The number of hydrogen-bond acceptors (Lipinski definition) is 4. The number of aryl methyl sites for hydroxylation is 3. The molecule has 0 saturated carbocycles. The summed E-state index contributed by atoms with van der Waals surface area (Å²) in [7, 11) is 0. The minimum Gasteiger partial charge on any atom is -0.465 e. The van der Waals surface area contributed by atoms with E-state index in [2.05, 4.69) is 49.2 Å². The summed E-state index contributed by atoms with van der Waals surface area (Å²) in [5.74, 6) is 3.89. The number of nitrogens with zero attached hydrogens (tertiary/aromatic N) is 3. The van der Waals surface area contributed by atoms with Gasteiger partial charge in [0, 0.05) is 24.4 Å². The molecule has 0 bridgehead atoms. The van der Waals surface area contributed by atoms with Gasteiger partial charge in [-0.3, -0.25) is 0 Å². The highest BCUT2D eigenvalue weighted by atomic mass is 16.3. The Morgan fingerprint density at radius 2 is 2.05 bits per heavy atom. The first-order valence-electron chi connectivity index (χ1n) is 7.77. The van der Waals surface area contributed by atoms with Crippen molar-refractivity contribution < 1.29 is 4.42 Å². The highest BCUT2D eigenvalue weighted by Gasteiger charge is 2.12. The molecule has 0 unspecified atom stereocenters. The first-order chi connectivity index (χ1) is 10.0. The Morgan fingerprint density at radius 1 is 1.29 bits per heavy atom. The van der Waals surface area contributed by atoms with Crippen molar-refractivity contribution in [3.05, 3.63) is 34.8 Å². The summed E-state index contributed by atoms with van der Waals surface area (Å²) in [4.78, 5) is 4.55. The van der Waals surface area contributed by atoms with Crippen LogP contribution in [0, 0.1) is 6.92 Å². The van der Waals surface area contributed by atoms with Crippen LogP contribution in [0.3, 0.4) is 0 Å². The van der Waals surface area contributed by atoms with E-state index in [-0.39, 0.29) is 0 Å². The van der Waals surface area contributed by atoms with Crippen LogP contribution >= 0.6 is 0 Å². The van der Waals surface area contributed by atoms with Gasteiger partial charge >= 0.3 is 0 Å². The van der Waals surface area contributed by atoms with Crippen molar-refractivity contribution in [3.8, 4) is 0 Å². The van der Waals surface area contributed by atoms with Gasteiger partial charge in [0.1, 0.15) is 17.3 Å². The molecule has 21 heavy (non-hydrogen) atoms. The molecule has 0 radical (unpaired) electrons. The lowest BCUT2D eigenvalue weighted by molar-refractivity contribution is 0.445. The van der Waals surface area contributed by atoms with Crippen molar-refractivity contribution in [1.82, 2.24) is 20.1 Å². The smallest absolute Gasteiger partial charge is 0.150 e. The van der Waals surface area contributed by atoms with E-state index in [9.17, 15) is 0 Å². The molecular formula is C16H26N4O. The van der Waals surface area contributed by atoms with Crippen LogP contribution in [0.5, 0.6) is 0 Å². The highest BCUT2D eigenvalue weighted by molar-refractivity contribution is 5.21. The zero-order valence-electron chi connectivity index (χ0n) is 13.7. The average molecular weight is 290 g/mol. The van der Waals surface area contributed by atoms with E-state index < -0.39 is 0 Å². The zero-order chi connectivity index (χ0) is 15.4. The lowest BCUT2D eigenvalue weighted by atomic mass is 10.2. The van der Waals surface area contributed by atoms with Gasteiger partial charge < -0.3 is 9.73 Å². The van der Waals surface area contributed by atoms with Crippen LogP contribution in [-0.4, -0.2) is 20.8 Å². The highest BCUT2D eigenvalue weighted by Crippen LogP contribution is 2.17. The van der Waals surface area contributed by atoms with Crippen LogP contribution in [0.1, 0.15) is 56.4 Å². The third-order valence-electron chi connectivity index (χ3n) is 3.50. The van der Waals surface area contributed by atoms with E-state index in [1.165, 1.54) is 5.56 Å². The summed E-state index contributed by atoms with van der Waals surface area (Å²) in [5, 5.41) is 7.94. The van der Waals surface area contributed by atoms with Gasteiger partial charge in [0.05, 0.1) is 13.1 Å². The van der Waals surface area contributed by atoms with Crippen molar-refractivity contribution in [1.29, 1.82) is 0 Å². The predicted molar refractivity (Wildman–Crippen MR) is 83.3 cm³/mol. The third kappa shape index (κ3) is 3.94. The Balaban J connectivity index is 2.14. The molecule has 5 nitrogen and oxygen atoms in total. The largest absolute Gasteiger partial charge is 0.465 e. The standard InChI is InChI=1S/C16H26N4O/c1-6-15-18-16(7-2)20(19-15)10-13-8-14(21-12(13)5)9-17-11(3)4/h8,11,17H,6-7,9-10H2,1-5H3. The second-order valence-electron chi connectivity index (χ2n) is 5.64. The van der Waals surface area contributed by atoms with Gasteiger partial charge in [-0.15, -0.1) is 0 Å². The maximum atomic E-state index is 5.82. The lowest BCUT2D eigenvalue weighted by Gasteiger charge is -2.04. The number of furan rings is 1. The van der Waals surface area contributed by atoms with Crippen LogP contribution in [0.2, 0.25) is 0 Å². The fourth-order valence-corrected chi connectivity index (χ4v) is 2.26. The minimum absolute atomic E-state index is 0.452. The Morgan fingerprint density at radius 3 is 2.67 bits per heavy atom. The molecule has 0 saturated heterocycles. The van der Waals surface area contributed by atoms with E-state index in [0.717, 1.165) is 49.1 Å². The number of rotatable bonds is 7. The van der Waals surface area contributed by atoms with Gasteiger partial charge in [0.2, 0.25) is 0 Å². The maximum absolute atomic E-state index is 5.82. The molecule has 0 aromatic carbocycles. The van der Waals surface area contributed by atoms with Gasteiger partial charge in [-0.25, -0.2) is 9.67 Å². The fraction of sp³-hybridized carbons (Fsp3) is 0.625. The minimum atomic E-state index is 0.452. The van der Waals surface area contributed by atoms with E-state index in [1.54, 1.807) is 0 Å². The summed E-state index contributed by atoms with van der Waals surface area (Å²) in [6.07, 6.45) is 1.76. The molecule has 2 heterocycles. The normalized spacial score (nSPS) is 11.5. The van der Waals surface area contributed by atoms with Gasteiger partial charge in [-0.2, -0.15) is 5.10 Å². The molecule has 0 spiro atoms. The second-order valence-corrected chi connectivity index (χ2v) is 5.64. The van der Waals surface area contributed by atoms with Gasteiger partial charge in [0.25, 0.3) is 0 Å². The first kappa shape index (κ1) is 15.8. The van der Waals surface area contributed by atoms with Crippen molar-refractivity contribution in [2.24, 2.45) is 0 Å². The van der Waals surface area contributed by atoms with Crippen LogP contribution in [0.25, 0.3) is 0 Å². The van der Waals surface area contributed by atoms with Crippen LogP contribution in [0.15, 0.2) is 10.5 Å². The molecule has 0 atom stereocenters. The number of aromatic nitrogens is 3. The quantitative estimate of drug-likeness (QED) is 0.852.